The molecule has 5 nitrogen and oxygen atoms in total. The summed E-state index contributed by atoms with van der Waals surface area (Å²) in [6.07, 6.45) is 0.926. The van der Waals surface area contributed by atoms with Crippen molar-refractivity contribution in [2.75, 3.05) is 11.9 Å². The van der Waals surface area contributed by atoms with E-state index >= 15 is 0 Å². The number of fused-ring (bicyclic) bond motifs is 1. The molecule has 1 N–H and O–H groups in total. The van der Waals surface area contributed by atoms with Crippen LogP contribution in [0.25, 0.3) is 22.6 Å². The first-order valence-electron chi connectivity index (χ1n) is 9.19. The molecule has 0 aliphatic heterocycles. The Bertz CT molecular complexity index is 1070. The topological polar surface area (TPSA) is 64.4 Å². The van der Waals surface area contributed by atoms with Crippen molar-refractivity contribution in [1.29, 1.82) is 0 Å². The highest BCUT2D eigenvalue weighted by Gasteiger charge is 2.09. The SMILES string of the molecule is CCc1cccc(OCC(=O)Nc2ccc(-c3nc4ccccc4o3)cc2)c1. The number of nitrogens with zero attached hydrogens (tertiary/aromatic N) is 1. The number of ether oxygens (including phenoxy) is 1. The summed E-state index contributed by atoms with van der Waals surface area (Å²) in [4.78, 5) is 16.6. The molecule has 0 bridgehead atoms. The van der Waals surface area contributed by atoms with Gasteiger partial charge in [0, 0.05) is 11.3 Å². The molecule has 1 heterocycles. The number of para-hydroxylation sites is 2. The largest absolute Gasteiger partial charge is 0.484 e. The molecule has 0 saturated heterocycles. The van der Waals surface area contributed by atoms with Crippen molar-refractivity contribution in [2.24, 2.45) is 0 Å². The number of amides is 1. The smallest absolute Gasteiger partial charge is 0.262 e. The minimum absolute atomic E-state index is 0.0416. The Morgan fingerprint density at radius 1 is 1.04 bits per heavy atom. The second kappa shape index (κ2) is 7.96. The molecule has 0 atom stereocenters. The van der Waals surface area contributed by atoms with Gasteiger partial charge in [-0.25, -0.2) is 4.98 Å². The van der Waals surface area contributed by atoms with E-state index in [2.05, 4.69) is 17.2 Å². The van der Waals surface area contributed by atoms with Crippen LogP contribution in [0, 0.1) is 0 Å². The van der Waals surface area contributed by atoms with Crippen LogP contribution in [0.15, 0.2) is 77.2 Å². The first-order valence-corrected chi connectivity index (χ1v) is 9.19. The van der Waals surface area contributed by atoms with Crippen molar-refractivity contribution in [2.45, 2.75) is 13.3 Å². The molecule has 5 heteroatoms. The maximum Gasteiger partial charge on any atom is 0.262 e. The number of carbonyl (C=O) groups is 1. The number of hydrogen-bond donors (Lipinski definition) is 1. The zero-order chi connectivity index (χ0) is 19.3. The van der Waals surface area contributed by atoms with E-state index in [1.54, 1.807) is 0 Å². The predicted octanol–water partition coefficient (Wildman–Crippen LogP) is 5.07. The van der Waals surface area contributed by atoms with E-state index in [9.17, 15) is 4.79 Å². The molecule has 1 aromatic heterocycles. The van der Waals surface area contributed by atoms with Crippen molar-refractivity contribution < 1.29 is 13.9 Å². The number of benzene rings is 3. The summed E-state index contributed by atoms with van der Waals surface area (Å²) < 4.78 is 11.3. The van der Waals surface area contributed by atoms with Crippen LogP contribution in [0.4, 0.5) is 5.69 Å². The Labute approximate surface area is 163 Å². The van der Waals surface area contributed by atoms with E-state index in [0.717, 1.165) is 23.1 Å². The highest BCUT2D eigenvalue weighted by molar-refractivity contribution is 5.92. The lowest BCUT2D eigenvalue weighted by atomic mass is 10.2. The Kier molecular flexibility index (Phi) is 5.06. The van der Waals surface area contributed by atoms with E-state index in [1.807, 2.05) is 72.8 Å². The van der Waals surface area contributed by atoms with E-state index < -0.39 is 0 Å². The molecule has 0 fully saturated rings. The Morgan fingerprint density at radius 3 is 2.64 bits per heavy atom. The number of rotatable bonds is 6. The quantitative estimate of drug-likeness (QED) is 0.513. The van der Waals surface area contributed by atoms with E-state index in [0.29, 0.717) is 17.3 Å². The molecule has 0 saturated carbocycles. The highest BCUT2D eigenvalue weighted by atomic mass is 16.5. The molecule has 0 aliphatic rings. The standard InChI is InChI=1S/C23H20N2O3/c1-2-16-6-5-7-19(14-16)27-15-22(26)24-18-12-10-17(11-13-18)23-25-20-8-3-4-9-21(20)28-23/h3-14H,2,15H2,1H3,(H,24,26). The predicted molar refractivity (Wildman–Crippen MR) is 109 cm³/mol. The Morgan fingerprint density at radius 2 is 1.86 bits per heavy atom. The van der Waals surface area contributed by atoms with Gasteiger partial charge in [-0.05, 0) is 60.5 Å². The van der Waals surface area contributed by atoms with Crippen molar-refractivity contribution in [3.63, 3.8) is 0 Å². The second-order valence-electron chi connectivity index (χ2n) is 6.40. The molecule has 0 spiro atoms. The van der Waals surface area contributed by atoms with E-state index in [4.69, 9.17) is 9.15 Å². The maximum absolute atomic E-state index is 12.1. The van der Waals surface area contributed by atoms with Crippen molar-refractivity contribution in [3.05, 3.63) is 78.4 Å². The van der Waals surface area contributed by atoms with Gasteiger partial charge in [-0.1, -0.05) is 31.2 Å². The van der Waals surface area contributed by atoms with Crippen LogP contribution in [0.5, 0.6) is 5.75 Å². The van der Waals surface area contributed by atoms with Gasteiger partial charge in [-0.3, -0.25) is 4.79 Å². The lowest BCUT2D eigenvalue weighted by Crippen LogP contribution is -2.20. The van der Waals surface area contributed by atoms with Crippen LogP contribution in [-0.2, 0) is 11.2 Å². The summed E-state index contributed by atoms with van der Waals surface area (Å²) in [5.74, 6) is 1.04. The minimum atomic E-state index is -0.212. The van der Waals surface area contributed by atoms with Crippen LogP contribution >= 0.6 is 0 Å². The zero-order valence-corrected chi connectivity index (χ0v) is 15.5. The number of nitrogens with one attached hydrogen (secondary N) is 1. The van der Waals surface area contributed by atoms with Crippen LogP contribution in [0.2, 0.25) is 0 Å². The molecule has 4 rings (SSSR count). The molecule has 140 valence electrons. The monoisotopic (exact) mass is 372 g/mol. The normalized spacial score (nSPS) is 10.8. The molecule has 1 amide bonds. The van der Waals surface area contributed by atoms with Gasteiger partial charge in [-0.2, -0.15) is 0 Å². The first kappa shape index (κ1) is 17.8. The lowest BCUT2D eigenvalue weighted by molar-refractivity contribution is -0.118. The molecule has 0 aliphatic carbocycles. The van der Waals surface area contributed by atoms with Crippen LogP contribution in [0.1, 0.15) is 12.5 Å². The van der Waals surface area contributed by atoms with Gasteiger partial charge in [0.05, 0.1) is 0 Å². The number of anilines is 1. The van der Waals surface area contributed by atoms with Crippen molar-refractivity contribution >= 4 is 22.7 Å². The minimum Gasteiger partial charge on any atom is -0.484 e. The van der Waals surface area contributed by atoms with Gasteiger partial charge in [0.25, 0.3) is 5.91 Å². The second-order valence-corrected chi connectivity index (χ2v) is 6.40. The van der Waals surface area contributed by atoms with Gasteiger partial charge in [-0.15, -0.1) is 0 Å². The van der Waals surface area contributed by atoms with Gasteiger partial charge in [0.15, 0.2) is 12.2 Å². The van der Waals surface area contributed by atoms with Gasteiger partial charge < -0.3 is 14.5 Å². The van der Waals surface area contributed by atoms with E-state index in [1.165, 1.54) is 5.56 Å². The third kappa shape index (κ3) is 4.04. The summed E-state index contributed by atoms with van der Waals surface area (Å²) in [7, 11) is 0. The summed E-state index contributed by atoms with van der Waals surface area (Å²) >= 11 is 0. The average molecular weight is 372 g/mol. The average Bonchev–Trinajstić information content (AvgIpc) is 3.17. The molecular weight excluding hydrogens is 352 g/mol. The lowest BCUT2D eigenvalue weighted by Gasteiger charge is -2.08. The van der Waals surface area contributed by atoms with Crippen LogP contribution < -0.4 is 10.1 Å². The molecule has 0 unspecified atom stereocenters. The summed E-state index contributed by atoms with van der Waals surface area (Å²) in [5, 5.41) is 2.83. The van der Waals surface area contributed by atoms with Crippen molar-refractivity contribution in [3.8, 4) is 17.2 Å². The molecular formula is C23H20N2O3. The third-order valence-corrected chi connectivity index (χ3v) is 4.39. The summed E-state index contributed by atoms with van der Waals surface area (Å²) in [6.45, 7) is 2.04. The fourth-order valence-corrected chi connectivity index (χ4v) is 2.89. The Hall–Kier alpha value is -3.60. The number of carbonyl (C=O) groups excluding carboxylic acids is 1. The van der Waals surface area contributed by atoms with Crippen LogP contribution in [-0.4, -0.2) is 17.5 Å². The van der Waals surface area contributed by atoms with Crippen LogP contribution in [0.3, 0.4) is 0 Å². The summed E-state index contributed by atoms with van der Waals surface area (Å²) in [5.41, 5.74) is 4.28. The molecule has 4 aromatic rings. The fourth-order valence-electron chi connectivity index (χ4n) is 2.89. The zero-order valence-electron chi connectivity index (χ0n) is 15.5. The summed E-state index contributed by atoms with van der Waals surface area (Å²) in [6, 6.07) is 22.8. The molecule has 0 radical (unpaired) electrons. The highest BCUT2D eigenvalue weighted by Crippen LogP contribution is 2.25. The number of oxazole rings is 1. The molecule has 3 aromatic carbocycles. The maximum atomic E-state index is 12.1. The third-order valence-electron chi connectivity index (χ3n) is 4.39. The number of hydrogen-bond acceptors (Lipinski definition) is 4. The van der Waals surface area contributed by atoms with Crippen molar-refractivity contribution in [1.82, 2.24) is 4.98 Å². The number of aromatic nitrogens is 1. The first-order chi connectivity index (χ1) is 13.7. The van der Waals surface area contributed by atoms with Gasteiger partial charge >= 0.3 is 0 Å². The van der Waals surface area contributed by atoms with Gasteiger partial charge in [0.1, 0.15) is 11.3 Å². The molecule has 28 heavy (non-hydrogen) atoms. The van der Waals surface area contributed by atoms with E-state index in [-0.39, 0.29) is 12.5 Å². The Balaban J connectivity index is 1.37. The number of aryl methyl sites for hydroxylation is 1. The fraction of sp³-hybridized carbons (Fsp3) is 0.130. The van der Waals surface area contributed by atoms with Gasteiger partial charge in [0.2, 0.25) is 5.89 Å².